The van der Waals surface area contributed by atoms with Crippen molar-refractivity contribution < 1.29 is 38.6 Å². The number of amides is 4. The molecule has 3 aromatic heterocycles. The number of ether oxygens (including phenoxy) is 2. The smallest absolute Gasteiger partial charge is 0.408 e. The third kappa shape index (κ3) is 25.6. The molecule has 0 saturated heterocycles. The Hall–Kier alpha value is -7.02. The second-order valence-electron chi connectivity index (χ2n) is 15.6. The van der Waals surface area contributed by atoms with Crippen LogP contribution in [0, 0.1) is 0 Å². The Morgan fingerprint density at radius 2 is 0.938 bits per heavy atom. The Labute approximate surface area is 381 Å². The Morgan fingerprint density at radius 3 is 1.29 bits per heavy atom. The van der Waals surface area contributed by atoms with Crippen molar-refractivity contribution in [2.24, 2.45) is 5.73 Å². The van der Waals surface area contributed by atoms with Crippen LogP contribution in [-0.2, 0) is 56.2 Å². The van der Waals surface area contributed by atoms with Crippen LogP contribution >= 0.6 is 0 Å². The number of aromatic nitrogens is 6. The second-order valence-corrected chi connectivity index (χ2v) is 15.6. The SMILES string of the molecule is CC.CC.CC(C)(C)OC(=O)NC(Cc1cnc[nH]1)C(=O)NCc1ccccc1.CC(C)(C)OC(=O)NC(Cc1cnc[nH]1)C(=O)O.NC(Cc1cnc[nH]1)C(=O)NCc1ccccc1. The van der Waals surface area contributed by atoms with Crippen LogP contribution in [0.1, 0.15) is 97.4 Å². The lowest BCUT2D eigenvalue weighted by atomic mass is 10.1. The average Bonchev–Trinajstić information content (AvgIpc) is 4.09. The van der Waals surface area contributed by atoms with Gasteiger partial charge in [0.05, 0.1) is 25.0 Å². The normalized spacial score (nSPS) is 11.8. The summed E-state index contributed by atoms with van der Waals surface area (Å²) in [5, 5.41) is 19.6. The van der Waals surface area contributed by atoms with Crippen LogP contribution in [0.15, 0.2) is 98.2 Å². The van der Waals surface area contributed by atoms with Crippen LogP contribution in [0.25, 0.3) is 0 Å². The van der Waals surface area contributed by atoms with E-state index >= 15 is 0 Å². The van der Waals surface area contributed by atoms with Gasteiger partial charge in [0.1, 0.15) is 23.3 Å². The molecule has 3 unspecified atom stereocenters. The molecule has 3 heterocycles. The number of alkyl carbamates (subject to hydrolysis) is 2. The minimum Gasteiger partial charge on any atom is -0.480 e. The van der Waals surface area contributed by atoms with Crippen molar-refractivity contribution in [1.82, 2.24) is 51.2 Å². The second kappa shape index (κ2) is 30.1. The van der Waals surface area contributed by atoms with Crippen molar-refractivity contribution >= 4 is 30.0 Å². The lowest BCUT2D eigenvalue weighted by molar-refractivity contribution is -0.139. The molecule has 5 aromatic rings. The molecular weight excluding hydrogens is 835 g/mol. The highest BCUT2D eigenvalue weighted by Crippen LogP contribution is 2.10. The van der Waals surface area contributed by atoms with Crippen molar-refractivity contribution in [1.29, 1.82) is 0 Å². The summed E-state index contributed by atoms with van der Waals surface area (Å²) in [5.74, 6) is -1.58. The molecule has 19 nitrogen and oxygen atoms in total. The predicted octanol–water partition coefficient (Wildman–Crippen LogP) is 5.74. The molecule has 5 rings (SSSR count). The van der Waals surface area contributed by atoms with E-state index in [1.54, 1.807) is 60.3 Å². The van der Waals surface area contributed by atoms with Gasteiger partial charge in [-0.25, -0.2) is 29.3 Å². The number of aromatic amines is 3. The number of hydrogen-bond donors (Lipinski definition) is 9. The molecule has 3 atom stereocenters. The number of imidazole rings is 3. The van der Waals surface area contributed by atoms with Crippen molar-refractivity contribution in [3.8, 4) is 0 Å². The van der Waals surface area contributed by atoms with Gasteiger partial charge in [-0.2, -0.15) is 0 Å². The van der Waals surface area contributed by atoms with E-state index in [0.717, 1.165) is 22.5 Å². The van der Waals surface area contributed by atoms with E-state index in [4.69, 9.17) is 20.3 Å². The number of carbonyl (C=O) groups excluding carboxylic acids is 4. The van der Waals surface area contributed by atoms with E-state index in [1.165, 1.54) is 18.9 Å². The van der Waals surface area contributed by atoms with Crippen LogP contribution < -0.4 is 27.0 Å². The summed E-state index contributed by atoms with van der Waals surface area (Å²) in [5.41, 5.74) is 8.78. The number of hydrogen-bond acceptors (Lipinski definition) is 11. The molecule has 2 aromatic carbocycles. The van der Waals surface area contributed by atoms with Gasteiger partial charge in [-0.15, -0.1) is 0 Å². The van der Waals surface area contributed by atoms with Gasteiger partial charge in [0.2, 0.25) is 11.8 Å². The highest BCUT2D eigenvalue weighted by molar-refractivity contribution is 5.86. The highest BCUT2D eigenvalue weighted by Gasteiger charge is 2.26. The molecule has 0 aliphatic carbocycles. The van der Waals surface area contributed by atoms with Crippen LogP contribution in [0.2, 0.25) is 0 Å². The number of nitrogens with zero attached hydrogens (tertiary/aromatic N) is 3. The number of rotatable bonds is 15. The number of aliphatic carboxylic acids is 1. The minimum absolute atomic E-state index is 0.120. The molecule has 0 spiro atoms. The largest absolute Gasteiger partial charge is 0.480 e. The maximum Gasteiger partial charge on any atom is 0.408 e. The van der Waals surface area contributed by atoms with Gasteiger partial charge < -0.3 is 56.5 Å². The van der Waals surface area contributed by atoms with E-state index in [1.807, 2.05) is 88.4 Å². The first-order chi connectivity index (χ1) is 30.9. The minimum atomic E-state index is -1.13. The number of H-pyrrole nitrogens is 3. The van der Waals surface area contributed by atoms with Gasteiger partial charge in [0, 0.05) is 68.0 Å². The van der Waals surface area contributed by atoms with E-state index < -0.39 is 47.5 Å². The molecule has 10 N–H and O–H groups in total. The van der Waals surface area contributed by atoms with Gasteiger partial charge in [-0.3, -0.25) is 9.59 Å². The van der Waals surface area contributed by atoms with Gasteiger partial charge >= 0.3 is 18.2 Å². The standard InChI is InChI=1S/C18H24N4O3.C13H16N4O.C11H17N3O4.2C2H6/c1-18(2,3)25-17(24)22-15(9-14-11-19-12-21-14)16(23)20-10-13-7-5-4-6-8-13;14-12(6-11-8-15-9-17-11)13(18)16-7-10-4-2-1-3-5-10;1-11(2,3)18-10(17)14-8(9(15)16)4-7-5-12-6-13-7;2*1-2/h4-8,11-12,15H,9-10H2,1-3H3,(H,19,21)(H,20,23)(H,22,24);1-5,8-9,12H,6-7,14H2,(H,15,17)(H,16,18);5-6,8H,4H2,1-3H3,(H,12,13)(H,14,17)(H,15,16);2*1-2H3. The summed E-state index contributed by atoms with van der Waals surface area (Å²) in [6, 6.07) is 16.9. The first-order valence-corrected chi connectivity index (χ1v) is 21.4. The molecule has 0 aliphatic rings. The fourth-order valence-corrected chi connectivity index (χ4v) is 5.09. The Bertz CT molecular complexity index is 2030. The van der Waals surface area contributed by atoms with Crippen molar-refractivity contribution in [2.45, 2.75) is 131 Å². The molecule has 0 saturated carbocycles. The molecule has 19 heteroatoms. The van der Waals surface area contributed by atoms with Crippen LogP contribution in [0.3, 0.4) is 0 Å². The molecule has 0 radical (unpaired) electrons. The molecule has 0 aliphatic heterocycles. The molecule has 356 valence electrons. The predicted molar refractivity (Wildman–Crippen MR) is 248 cm³/mol. The summed E-state index contributed by atoms with van der Waals surface area (Å²) < 4.78 is 10.2. The van der Waals surface area contributed by atoms with Gasteiger partial charge in [0.25, 0.3) is 0 Å². The number of nitrogens with two attached hydrogens (primary N) is 1. The summed E-state index contributed by atoms with van der Waals surface area (Å²) in [7, 11) is 0. The number of nitrogens with one attached hydrogen (secondary N) is 7. The zero-order valence-electron chi connectivity index (χ0n) is 39.2. The maximum absolute atomic E-state index is 12.5. The topological polar surface area (TPSA) is 284 Å². The summed E-state index contributed by atoms with van der Waals surface area (Å²) >= 11 is 0. The Kier molecular flexibility index (Phi) is 26.0. The molecule has 4 amide bonds. The summed E-state index contributed by atoms with van der Waals surface area (Å²) in [6.45, 7) is 19.3. The van der Waals surface area contributed by atoms with Crippen molar-refractivity contribution in [3.63, 3.8) is 0 Å². The Balaban J connectivity index is 0.000000477. The fourth-order valence-electron chi connectivity index (χ4n) is 5.09. The number of carbonyl (C=O) groups is 5. The quantitative estimate of drug-likeness (QED) is 0.0608. The van der Waals surface area contributed by atoms with Crippen molar-refractivity contribution in [2.75, 3.05) is 0 Å². The Morgan fingerprint density at radius 1 is 0.585 bits per heavy atom. The van der Waals surface area contributed by atoms with E-state index in [9.17, 15) is 24.0 Å². The number of carboxylic acid groups (broad SMARTS) is 1. The highest BCUT2D eigenvalue weighted by atomic mass is 16.6. The van der Waals surface area contributed by atoms with Gasteiger partial charge in [-0.1, -0.05) is 88.4 Å². The zero-order valence-corrected chi connectivity index (χ0v) is 39.2. The third-order valence-corrected chi connectivity index (χ3v) is 7.90. The molecule has 65 heavy (non-hydrogen) atoms. The number of carboxylic acids is 1. The summed E-state index contributed by atoms with van der Waals surface area (Å²) in [6.07, 6.45) is 8.83. The van der Waals surface area contributed by atoms with E-state index in [-0.39, 0.29) is 18.2 Å². The first-order valence-electron chi connectivity index (χ1n) is 21.4. The van der Waals surface area contributed by atoms with E-state index in [2.05, 4.69) is 51.2 Å². The lowest BCUT2D eigenvalue weighted by Gasteiger charge is -2.23. The van der Waals surface area contributed by atoms with Crippen LogP contribution in [0.5, 0.6) is 0 Å². The molecule has 0 bridgehead atoms. The number of benzene rings is 2. The maximum atomic E-state index is 12.5. The average molecular weight is 904 g/mol. The summed E-state index contributed by atoms with van der Waals surface area (Å²) in [4.78, 5) is 79.1. The van der Waals surface area contributed by atoms with E-state index in [0.29, 0.717) is 31.6 Å². The fraction of sp³-hybridized carbons (Fsp3) is 0.435. The van der Waals surface area contributed by atoms with Gasteiger partial charge in [-0.05, 0) is 52.7 Å². The third-order valence-electron chi connectivity index (χ3n) is 7.90. The zero-order chi connectivity index (χ0) is 48.8. The van der Waals surface area contributed by atoms with Crippen molar-refractivity contribution in [3.05, 3.63) is 126 Å². The first kappa shape index (κ1) is 56.0. The molecule has 0 fully saturated rings. The monoisotopic (exact) mass is 904 g/mol. The van der Waals surface area contributed by atoms with Crippen LogP contribution in [-0.4, -0.2) is 94.3 Å². The molecular formula is C46H69N11O8. The van der Waals surface area contributed by atoms with Crippen LogP contribution in [0.4, 0.5) is 9.59 Å². The van der Waals surface area contributed by atoms with Gasteiger partial charge in [0.15, 0.2) is 0 Å². The lowest BCUT2D eigenvalue weighted by Crippen LogP contribution is -2.49.